The number of halogens is 2. The summed E-state index contributed by atoms with van der Waals surface area (Å²) in [7, 11) is -4.27. The number of hydrogen-bond acceptors (Lipinski definition) is 5. The summed E-state index contributed by atoms with van der Waals surface area (Å²) >= 11 is 0. The molecular weight excluding hydrogens is 452 g/mol. The summed E-state index contributed by atoms with van der Waals surface area (Å²) in [6, 6.07) is 6.62. The number of sulfonamides is 1. The molecule has 1 atom stereocenters. The fraction of sp³-hybridized carbons (Fsp3) is 0.435. The zero-order valence-electron chi connectivity index (χ0n) is 18.1. The minimum Gasteiger partial charge on any atom is -0.478 e. The predicted octanol–water partition coefficient (Wildman–Crippen LogP) is 3.78. The molecule has 2 N–H and O–H groups in total. The molecule has 2 saturated heterocycles. The highest BCUT2D eigenvalue weighted by Crippen LogP contribution is 2.33. The molecule has 2 aromatic carbocycles. The lowest BCUT2D eigenvalue weighted by atomic mass is 9.96. The lowest BCUT2D eigenvalue weighted by Gasteiger charge is -2.37. The second-order valence-corrected chi connectivity index (χ2v) is 10.4. The van der Waals surface area contributed by atoms with Crippen LogP contribution in [0.4, 0.5) is 20.2 Å². The van der Waals surface area contributed by atoms with Crippen molar-refractivity contribution in [2.45, 2.75) is 30.6 Å². The third kappa shape index (κ3) is 5.44. The van der Waals surface area contributed by atoms with Gasteiger partial charge in [-0.15, -0.1) is 0 Å². The van der Waals surface area contributed by atoms with Crippen LogP contribution in [-0.4, -0.2) is 57.1 Å². The van der Waals surface area contributed by atoms with E-state index in [1.165, 1.54) is 25.0 Å². The Labute approximate surface area is 192 Å². The monoisotopic (exact) mass is 479 g/mol. The molecule has 0 aromatic heterocycles. The number of nitrogens with zero attached hydrogens (tertiary/aromatic N) is 2. The van der Waals surface area contributed by atoms with E-state index in [0.717, 1.165) is 51.2 Å². The summed E-state index contributed by atoms with van der Waals surface area (Å²) in [5, 5.41) is 9.41. The van der Waals surface area contributed by atoms with Gasteiger partial charge in [0, 0.05) is 19.6 Å². The molecule has 10 heteroatoms. The Hall–Kier alpha value is -2.72. The van der Waals surface area contributed by atoms with E-state index >= 15 is 0 Å². The molecule has 2 heterocycles. The molecule has 0 aliphatic carbocycles. The highest BCUT2D eigenvalue weighted by atomic mass is 32.2. The quantitative estimate of drug-likeness (QED) is 0.628. The summed E-state index contributed by atoms with van der Waals surface area (Å²) in [5.41, 5.74) is 0.589. The number of aromatic carboxylic acids is 1. The molecule has 2 aliphatic rings. The molecule has 0 saturated carbocycles. The number of anilines is 2. The van der Waals surface area contributed by atoms with Crippen molar-refractivity contribution in [1.29, 1.82) is 0 Å². The number of nitrogens with one attached hydrogen (secondary N) is 1. The molecule has 0 unspecified atom stereocenters. The zero-order chi connectivity index (χ0) is 23.6. The fourth-order valence-electron chi connectivity index (χ4n) is 4.64. The van der Waals surface area contributed by atoms with Gasteiger partial charge in [-0.1, -0.05) is 0 Å². The van der Waals surface area contributed by atoms with E-state index in [1.807, 2.05) is 0 Å². The first-order chi connectivity index (χ1) is 15.7. The van der Waals surface area contributed by atoms with Crippen molar-refractivity contribution in [1.82, 2.24) is 4.90 Å². The summed E-state index contributed by atoms with van der Waals surface area (Å²) in [4.78, 5) is 15.6. The van der Waals surface area contributed by atoms with E-state index in [4.69, 9.17) is 0 Å². The summed E-state index contributed by atoms with van der Waals surface area (Å²) in [6.45, 7) is 4.62. The molecule has 7 nitrogen and oxygen atoms in total. The number of rotatable bonds is 7. The fourth-order valence-corrected chi connectivity index (χ4v) is 5.71. The smallest absolute Gasteiger partial charge is 0.335 e. The normalized spacial score (nSPS) is 19.6. The standard InChI is InChI=1S/C23H27F2N3O4S/c24-19-7-6-18(13-20(19)25)33(31,32)26-21-12-17(23(29)30)5-8-22(21)28-11-3-4-16(15-28)14-27-9-1-2-10-27/h5-8,12-13,16,26H,1-4,9-11,14-15H2,(H,29,30)/t16-/m0/s1. The zero-order valence-corrected chi connectivity index (χ0v) is 19.0. The Morgan fingerprint density at radius 1 is 1.03 bits per heavy atom. The van der Waals surface area contributed by atoms with Gasteiger partial charge in [0.25, 0.3) is 10.0 Å². The second kappa shape index (κ2) is 9.64. The van der Waals surface area contributed by atoms with Crippen LogP contribution < -0.4 is 9.62 Å². The van der Waals surface area contributed by atoms with Crippen molar-refractivity contribution in [3.8, 4) is 0 Å². The number of carbonyl (C=O) groups is 1. The number of benzene rings is 2. The van der Waals surface area contributed by atoms with Gasteiger partial charge >= 0.3 is 5.97 Å². The first-order valence-electron chi connectivity index (χ1n) is 11.1. The third-order valence-electron chi connectivity index (χ3n) is 6.26. The van der Waals surface area contributed by atoms with Crippen molar-refractivity contribution < 1.29 is 27.1 Å². The van der Waals surface area contributed by atoms with Gasteiger partial charge in [0.15, 0.2) is 11.6 Å². The van der Waals surface area contributed by atoms with Crippen LogP contribution >= 0.6 is 0 Å². The highest BCUT2D eigenvalue weighted by molar-refractivity contribution is 7.92. The van der Waals surface area contributed by atoms with Crippen LogP contribution in [0, 0.1) is 17.6 Å². The second-order valence-electron chi connectivity index (χ2n) is 8.68. The average molecular weight is 480 g/mol. The third-order valence-corrected chi connectivity index (χ3v) is 7.63. The van der Waals surface area contributed by atoms with E-state index in [2.05, 4.69) is 14.5 Å². The van der Waals surface area contributed by atoms with Crippen molar-refractivity contribution in [3.05, 3.63) is 53.6 Å². The van der Waals surface area contributed by atoms with E-state index in [-0.39, 0.29) is 11.3 Å². The first kappa shape index (κ1) is 23.4. The van der Waals surface area contributed by atoms with Gasteiger partial charge in [-0.05, 0) is 81.1 Å². The molecule has 2 aliphatic heterocycles. The highest BCUT2D eigenvalue weighted by Gasteiger charge is 2.27. The molecule has 4 rings (SSSR count). The Morgan fingerprint density at radius 3 is 2.48 bits per heavy atom. The minimum atomic E-state index is -4.27. The molecule has 2 fully saturated rings. The van der Waals surface area contributed by atoms with Crippen molar-refractivity contribution in [2.75, 3.05) is 42.3 Å². The molecule has 0 spiro atoms. The van der Waals surface area contributed by atoms with E-state index in [0.29, 0.717) is 24.2 Å². The lowest BCUT2D eigenvalue weighted by Crippen LogP contribution is -2.40. The topological polar surface area (TPSA) is 89.9 Å². The van der Waals surface area contributed by atoms with E-state index in [1.54, 1.807) is 6.07 Å². The van der Waals surface area contributed by atoms with Crippen molar-refractivity contribution in [2.24, 2.45) is 5.92 Å². The summed E-state index contributed by atoms with van der Waals surface area (Å²) < 4.78 is 55.1. The van der Waals surface area contributed by atoms with Gasteiger partial charge in [0.05, 0.1) is 21.8 Å². The van der Waals surface area contributed by atoms with E-state index in [9.17, 15) is 27.1 Å². The largest absolute Gasteiger partial charge is 0.478 e. The summed E-state index contributed by atoms with van der Waals surface area (Å²) in [5.74, 6) is -3.20. The number of piperidine rings is 1. The molecule has 178 valence electrons. The van der Waals surface area contributed by atoms with Crippen LogP contribution in [0.25, 0.3) is 0 Å². The van der Waals surface area contributed by atoms with Gasteiger partial charge in [0.1, 0.15) is 0 Å². The van der Waals surface area contributed by atoms with Crippen LogP contribution in [0.1, 0.15) is 36.0 Å². The Kier molecular flexibility index (Phi) is 6.85. The van der Waals surface area contributed by atoms with Crippen LogP contribution in [0.2, 0.25) is 0 Å². The van der Waals surface area contributed by atoms with Gasteiger partial charge in [0.2, 0.25) is 0 Å². The van der Waals surface area contributed by atoms with Gasteiger partial charge < -0.3 is 14.9 Å². The van der Waals surface area contributed by atoms with Crippen molar-refractivity contribution >= 4 is 27.4 Å². The minimum absolute atomic E-state index is 0.0765. The predicted molar refractivity (Wildman–Crippen MR) is 121 cm³/mol. The van der Waals surface area contributed by atoms with Crippen LogP contribution in [0.15, 0.2) is 41.3 Å². The first-order valence-corrected chi connectivity index (χ1v) is 12.5. The Bertz CT molecular complexity index is 1140. The van der Waals surface area contributed by atoms with Crippen LogP contribution in [0.3, 0.4) is 0 Å². The molecular formula is C23H27F2N3O4S. The molecule has 33 heavy (non-hydrogen) atoms. The molecule has 0 bridgehead atoms. The number of hydrogen-bond donors (Lipinski definition) is 2. The van der Waals surface area contributed by atoms with E-state index < -0.39 is 32.5 Å². The maximum absolute atomic E-state index is 13.6. The molecule has 2 aromatic rings. The number of likely N-dealkylation sites (tertiary alicyclic amines) is 1. The average Bonchev–Trinajstić information content (AvgIpc) is 3.28. The van der Waals surface area contributed by atoms with Crippen LogP contribution in [0.5, 0.6) is 0 Å². The lowest BCUT2D eigenvalue weighted by molar-refractivity contribution is 0.0697. The van der Waals surface area contributed by atoms with Gasteiger partial charge in [-0.2, -0.15) is 0 Å². The van der Waals surface area contributed by atoms with Crippen molar-refractivity contribution in [3.63, 3.8) is 0 Å². The van der Waals surface area contributed by atoms with Gasteiger partial charge in [-0.3, -0.25) is 4.72 Å². The number of carboxylic acids is 1. The Morgan fingerprint density at radius 2 is 1.79 bits per heavy atom. The number of carboxylic acid groups (broad SMARTS) is 1. The SMILES string of the molecule is O=C(O)c1ccc(N2CCC[C@@H](CN3CCCC3)C2)c(NS(=O)(=O)c2ccc(F)c(F)c2)c1. The van der Waals surface area contributed by atoms with Gasteiger partial charge in [-0.25, -0.2) is 22.0 Å². The summed E-state index contributed by atoms with van der Waals surface area (Å²) in [6.07, 6.45) is 4.44. The van der Waals surface area contributed by atoms with Crippen LogP contribution in [-0.2, 0) is 10.0 Å². The maximum Gasteiger partial charge on any atom is 0.335 e. The molecule has 0 radical (unpaired) electrons. The molecule has 0 amide bonds. The maximum atomic E-state index is 13.6. The Balaban J connectivity index is 1.62.